The Labute approximate surface area is 170 Å². The number of carbonyl (C=O) groups excluding carboxylic acids is 1. The van der Waals surface area contributed by atoms with Crippen LogP contribution in [0.25, 0.3) is 0 Å². The maximum Gasteiger partial charge on any atom is 0.257 e. The van der Waals surface area contributed by atoms with Crippen LogP contribution in [0.15, 0.2) is 48.5 Å². The van der Waals surface area contributed by atoms with Crippen molar-refractivity contribution in [3.05, 3.63) is 82.2 Å². The molecule has 0 fully saturated rings. The minimum absolute atomic E-state index is 0.220. The van der Waals surface area contributed by atoms with Crippen LogP contribution in [-0.4, -0.2) is 21.2 Å². The molecule has 0 aliphatic carbocycles. The highest BCUT2D eigenvalue weighted by Gasteiger charge is 2.09. The number of hydrogen-bond donors (Lipinski definition) is 3. The van der Waals surface area contributed by atoms with Gasteiger partial charge in [-0.3, -0.25) is 15.2 Å². The van der Waals surface area contributed by atoms with Gasteiger partial charge in [0.2, 0.25) is 0 Å². The number of carbonyl (C=O) groups is 1. The van der Waals surface area contributed by atoms with Gasteiger partial charge in [-0.25, -0.2) is 0 Å². The Balaban J connectivity index is 1.57. The Bertz CT molecular complexity index is 955. The van der Waals surface area contributed by atoms with Crippen LogP contribution < -0.4 is 10.6 Å². The van der Waals surface area contributed by atoms with Crippen LogP contribution in [0, 0.1) is 13.8 Å². The Hall–Kier alpha value is -2.99. The molecule has 0 spiro atoms. The van der Waals surface area contributed by atoms with Crippen LogP contribution in [0.1, 0.15) is 45.4 Å². The number of benzene rings is 2. The molecule has 3 N–H and O–H groups in total. The number of nitrogens with zero attached hydrogens (tertiary/aromatic N) is 1. The molecular weight excluding hydrogens is 368 g/mol. The number of H-pyrrole nitrogens is 1. The van der Waals surface area contributed by atoms with E-state index in [1.165, 1.54) is 16.7 Å². The number of aryl methyl sites for hydroxylation is 3. The Morgan fingerprint density at radius 3 is 2.25 bits per heavy atom. The van der Waals surface area contributed by atoms with E-state index in [4.69, 9.17) is 12.2 Å². The lowest BCUT2D eigenvalue weighted by atomic mass is 10.0. The van der Waals surface area contributed by atoms with E-state index >= 15 is 0 Å². The molecule has 0 aliphatic rings. The van der Waals surface area contributed by atoms with Crippen LogP contribution in [0.2, 0.25) is 0 Å². The molecule has 1 amide bonds. The second kappa shape index (κ2) is 8.80. The molecule has 0 saturated carbocycles. The number of aromatic nitrogens is 2. The van der Waals surface area contributed by atoms with Crippen molar-refractivity contribution in [2.24, 2.45) is 0 Å². The zero-order valence-electron chi connectivity index (χ0n) is 16.3. The van der Waals surface area contributed by atoms with Crippen LogP contribution in [0.5, 0.6) is 0 Å². The summed E-state index contributed by atoms with van der Waals surface area (Å²) in [5.41, 5.74) is 7.13. The largest absolute Gasteiger partial charge is 0.332 e. The third-order valence-corrected chi connectivity index (χ3v) is 4.93. The van der Waals surface area contributed by atoms with E-state index in [1.807, 2.05) is 62.4 Å². The fourth-order valence-electron chi connectivity index (χ4n) is 2.97. The zero-order chi connectivity index (χ0) is 20.1. The van der Waals surface area contributed by atoms with Crippen molar-refractivity contribution >= 4 is 28.9 Å². The van der Waals surface area contributed by atoms with E-state index in [0.717, 1.165) is 29.9 Å². The van der Waals surface area contributed by atoms with Crippen LogP contribution in [0.4, 0.5) is 5.69 Å². The number of anilines is 1. The molecule has 3 aromatic rings. The third kappa shape index (κ3) is 4.84. The number of thiocarbonyl (C=S) groups is 1. The fourth-order valence-corrected chi connectivity index (χ4v) is 3.18. The molecule has 0 radical (unpaired) electrons. The number of hydrogen-bond acceptors (Lipinski definition) is 3. The summed E-state index contributed by atoms with van der Waals surface area (Å²) < 4.78 is 0. The molecule has 144 valence electrons. The van der Waals surface area contributed by atoms with E-state index in [2.05, 4.69) is 27.8 Å². The first kappa shape index (κ1) is 19.8. The van der Waals surface area contributed by atoms with Gasteiger partial charge in [0.05, 0.1) is 5.69 Å². The monoisotopic (exact) mass is 392 g/mol. The maximum absolute atomic E-state index is 12.3. The van der Waals surface area contributed by atoms with Gasteiger partial charge in [-0.2, -0.15) is 5.10 Å². The first-order chi connectivity index (χ1) is 13.5. The third-order valence-electron chi connectivity index (χ3n) is 4.72. The lowest BCUT2D eigenvalue weighted by Gasteiger charge is -2.11. The highest BCUT2D eigenvalue weighted by molar-refractivity contribution is 7.80. The van der Waals surface area contributed by atoms with Crippen molar-refractivity contribution in [1.29, 1.82) is 0 Å². The highest BCUT2D eigenvalue weighted by atomic mass is 32.1. The summed E-state index contributed by atoms with van der Waals surface area (Å²) in [6, 6.07) is 15.5. The molecule has 0 bridgehead atoms. The average Bonchev–Trinajstić information content (AvgIpc) is 3.01. The van der Waals surface area contributed by atoms with Gasteiger partial charge in [-0.1, -0.05) is 31.2 Å². The zero-order valence-corrected chi connectivity index (χ0v) is 17.1. The van der Waals surface area contributed by atoms with Crippen molar-refractivity contribution in [2.75, 3.05) is 5.32 Å². The van der Waals surface area contributed by atoms with Crippen molar-refractivity contribution in [2.45, 2.75) is 33.6 Å². The van der Waals surface area contributed by atoms with Crippen LogP contribution in [0.3, 0.4) is 0 Å². The molecule has 1 heterocycles. The average molecular weight is 393 g/mol. The molecule has 3 rings (SSSR count). The molecule has 6 heteroatoms. The van der Waals surface area contributed by atoms with E-state index in [0.29, 0.717) is 5.56 Å². The van der Waals surface area contributed by atoms with Gasteiger partial charge in [0.1, 0.15) is 0 Å². The Morgan fingerprint density at radius 1 is 1.04 bits per heavy atom. The molecule has 0 saturated heterocycles. The highest BCUT2D eigenvalue weighted by Crippen LogP contribution is 2.17. The summed E-state index contributed by atoms with van der Waals surface area (Å²) in [6.07, 6.45) is 1.76. The van der Waals surface area contributed by atoms with Crippen molar-refractivity contribution in [3.8, 4) is 0 Å². The number of amides is 1. The van der Waals surface area contributed by atoms with E-state index in [1.54, 1.807) is 0 Å². The molecule has 28 heavy (non-hydrogen) atoms. The second-order valence-electron chi connectivity index (χ2n) is 6.74. The lowest BCUT2D eigenvalue weighted by molar-refractivity contribution is 0.0977. The van der Waals surface area contributed by atoms with E-state index in [9.17, 15) is 4.79 Å². The van der Waals surface area contributed by atoms with Crippen molar-refractivity contribution < 1.29 is 4.79 Å². The predicted octanol–water partition coefficient (Wildman–Crippen LogP) is 4.31. The molecule has 5 nitrogen and oxygen atoms in total. The number of rotatable bonds is 5. The van der Waals surface area contributed by atoms with Crippen LogP contribution in [-0.2, 0) is 12.8 Å². The first-order valence-electron chi connectivity index (χ1n) is 9.27. The summed E-state index contributed by atoms with van der Waals surface area (Å²) >= 11 is 5.27. The topological polar surface area (TPSA) is 69.8 Å². The maximum atomic E-state index is 12.3. The minimum atomic E-state index is -0.220. The summed E-state index contributed by atoms with van der Waals surface area (Å²) in [6.45, 7) is 6.12. The summed E-state index contributed by atoms with van der Waals surface area (Å²) in [5, 5.41) is 13.3. The van der Waals surface area contributed by atoms with Crippen LogP contribution >= 0.6 is 12.2 Å². The quantitative estimate of drug-likeness (QED) is 0.566. The summed E-state index contributed by atoms with van der Waals surface area (Å²) in [5.74, 6) is -0.220. The standard InChI is InChI=1S/C22H24N4OS/c1-4-16-5-9-18(10-6-16)21(27)24-22(28)23-19-11-7-17(8-12-19)13-20-14(2)25-26-15(20)3/h5-12H,4,13H2,1-3H3,(H,25,26)(H2,23,24,27,28). The normalized spacial score (nSPS) is 10.5. The van der Waals surface area contributed by atoms with Crippen molar-refractivity contribution in [3.63, 3.8) is 0 Å². The molecule has 2 aromatic carbocycles. The second-order valence-corrected chi connectivity index (χ2v) is 7.15. The summed E-state index contributed by atoms with van der Waals surface area (Å²) in [4.78, 5) is 12.3. The van der Waals surface area contributed by atoms with Gasteiger partial charge in [0.15, 0.2) is 5.11 Å². The van der Waals surface area contributed by atoms with E-state index < -0.39 is 0 Å². The van der Waals surface area contributed by atoms with Gasteiger partial charge in [0, 0.05) is 28.9 Å². The van der Waals surface area contributed by atoms with Gasteiger partial charge < -0.3 is 5.32 Å². The smallest absolute Gasteiger partial charge is 0.257 e. The number of aromatic amines is 1. The van der Waals surface area contributed by atoms with Gasteiger partial charge in [-0.15, -0.1) is 0 Å². The SMILES string of the molecule is CCc1ccc(C(=O)NC(=S)Nc2ccc(Cc3c(C)n[nH]c3C)cc2)cc1. The van der Waals surface area contributed by atoms with E-state index in [-0.39, 0.29) is 11.0 Å². The molecule has 0 aliphatic heterocycles. The molecule has 0 atom stereocenters. The van der Waals surface area contributed by atoms with Crippen molar-refractivity contribution in [1.82, 2.24) is 15.5 Å². The summed E-state index contributed by atoms with van der Waals surface area (Å²) in [7, 11) is 0. The number of nitrogens with one attached hydrogen (secondary N) is 3. The first-order valence-corrected chi connectivity index (χ1v) is 9.67. The molecule has 1 aromatic heterocycles. The predicted molar refractivity (Wildman–Crippen MR) is 117 cm³/mol. The Kier molecular flexibility index (Phi) is 6.21. The lowest BCUT2D eigenvalue weighted by Crippen LogP contribution is -2.34. The minimum Gasteiger partial charge on any atom is -0.332 e. The van der Waals surface area contributed by atoms with Gasteiger partial charge in [0.25, 0.3) is 5.91 Å². The fraction of sp³-hybridized carbons (Fsp3) is 0.227. The van der Waals surface area contributed by atoms with Gasteiger partial charge in [-0.05, 0) is 67.9 Å². The molecule has 0 unspecified atom stereocenters. The molecular formula is C22H24N4OS. The Morgan fingerprint density at radius 2 is 1.68 bits per heavy atom. The van der Waals surface area contributed by atoms with Gasteiger partial charge >= 0.3 is 0 Å².